The molecule has 1 aliphatic rings. The van der Waals surface area contributed by atoms with Crippen molar-refractivity contribution >= 4 is 18.0 Å². The average molecular weight is 501 g/mol. The van der Waals surface area contributed by atoms with E-state index < -0.39 is 5.41 Å². The number of ether oxygens (including phenoxy) is 3. The number of unbranched alkanes of at least 4 members (excludes halogenated alkanes) is 5. The van der Waals surface area contributed by atoms with Gasteiger partial charge in [-0.2, -0.15) is 0 Å². The lowest BCUT2D eigenvalue weighted by Crippen LogP contribution is -2.29. The first-order chi connectivity index (χ1) is 17.3. The Hall–Kier alpha value is -2.30. The fourth-order valence-electron chi connectivity index (χ4n) is 4.26. The molecule has 202 valence electrons. The SMILES string of the molecule is CCCCCCCCOc1ccc(/C=C/C(=O)OCC2CCC(COC(=O)C(C)(C)CC)CC2)cc1. The van der Waals surface area contributed by atoms with Gasteiger partial charge in [0.05, 0.1) is 25.2 Å². The smallest absolute Gasteiger partial charge is 0.330 e. The zero-order chi connectivity index (χ0) is 26.2. The zero-order valence-electron chi connectivity index (χ0n) is 23.1. The van der Waals surface area contributed by atoms with Crippen molar-refractivity contribution in [2.75, 3.05) is 19.8 Å². The molecule has 0 saturated heterocycles. The molecule has 5 nitrogen and oxygen atoms in total. The van der Waals surface area contributed by atoms with Gasteiger partial charge in [-0.25, -0.2) is 4.79 Å². The van der Waals surface area contributed by atoms with Crippen LogP contribution >= 0.6 is 0 Å². The van der Waals surface area contributed by atoms with E-state index in [-0.39, 0.29) is 11.9 Å². The summed E-state index contributed by atoms with van der Waals surface area (Å²) in [5.74, 6) is 1.23. The standard InChI is InChI=1S/C31H48O5/c1-5-7-8-9-10-11-22-34-28-19-16-25(17-20-28)18-21-29(32)35-23-26-12-14-27(15-13-26)24-36-30(33)31(3,4)6-2/h16-21,26-27H,5-15,22-24H2,1-4H3/b21-18+. The van der Waals surface area contributed by atoms with E-state index in [0.29, 0.717) is 25.0 Å². The van der Waals surface area contributed by atoms with Gasteiger partial charge in [0.2, 0.25) is 0 Å². The maximum atomic E-state index is 12.2. The molecule has 0 unspecified atom stereocenters. The van der Waals surface area contributed by atoms with E-state index in [1.807, 2.05) is 45.0 Å². The van der Waals surface area contributed by atoms with E-state index in [9.17, 15) is 9.59 Å². The number of hydrogen-bond acceptors (Lipinski definition) is 5. The Morgan fingerprint density at radius 1 is 0.861 bits per heavy atom. The van der Waals surface area contributed by atoms with Gasteiger partial charge in [0.1, 0.15) is 5.75 Å². The lowest BCUT2D eigenvalue weighted by molar-refractivity contribution is -0.156. The van der Waals surface area contributed by atoms with Crippen molar-refractivity contribution in [1.29, 1.82) is 0 Å². The van der Waals surface area contributed by atoms with Gasteiger partial charge in [-0.05, 0) is 88.0 Å². The molecule has 0 aliphatic heterocycles. The van der Waals surface area contributed by atoms with Crippen LogP contribution in [0, 0.1) is 17.3 Å². The molecule has 1 saturated carbocycles. The molecule has 2 rings (SSSR count). The Labute approximate surface area is 219 Å². The maximum Gasteiger partial charge on any atom is 0.330 e. The van der Waals surface area contributed by atoms with Crippen LogP contribution in [-0.2, 0) is 19.1 Å². The molecule has 5 heteroatoms. The third-order valence-corrected chi connectivity index (χ3v) is 7.37. The topological polar surface area (TPSA) is 61.8 Å². The molecule has 0 N–H and O–H groups in total. The van der Waals surface area contributed by atoms with Gasteiger partial charge in [0.25, 0.3) is 0 Å². The molecule has 0 radical (unpaired) electrons. The summed E-state index contributed by atoms with van der Waals surface area (Å²) in [7, 11) is 0. The number of carbonyl (C=O) groups is 2. The van der Waals surface area contributed by atoms with Crippen LogP contribution in [-0.4, -0.2) is 31.8 Å². The lowest BCUT2D eigenvalue weighted by atomic mass is 9.83. The van der Waals surface area contributed by atoms with Gasteiger partial charge in [-0.3, -0.25) is 4.79 Å². The highest BCUT2D eigenvalue weighted by Gasteiger charge is 2.29. The van der Waals surface area contributed by atoms with E-state index >= 15 is 0 Å². The molecule has 0 bridgehead atoms. The van der Waals surface area contributed by atoms with Gasteiger partial charge in [0, 0.05) is 6.08 Å². The van der Waals surface area contributed by atoms with E-state index in [1.165, 1.54) is 38.2 Å². The molecular weight excluding hydrogens is 452 g/mol. The van der Waals surface area contributed by atoms with Crippen molar-refractivity contribution in [1.82, 2.24) is 0 Å². The van der Waals surface area contributed by atoms with Crippen LogP contribution in [0.2, 0.25) is 0 Å². The van der Waals surface area contributed by atoms with E-state index in [1.54, 1.807) is 6.08 Å². The maximum absolute atomic E-state index is 12.2. The van der Waals surface area contributed by atoms with Crippen molar-refractivity contribution in [3.05, 3.63) is 35.9 Å². The number of carbonyl (C=O) groups excluding carboxylic acids is 2. The average Bonchev–Trinajstić information content (AvgIpc) is 2.90. The van der Waals surface area contributed by atoms with E-state index in [4.69, 9.17) is 14.2 Å². The Morgan fingerprint density at radius 3 is 2.06 bits per heavy atom. The highest BCUT2D eigenvalue weighted by atomic mass is 16.5. The number of rotatable bonds is 16. The van der Waals surface area contributed by atoms with Crippen LogP contribution in [0.3, 0.4) is 0 Å². The van der Waals surface area contributed by atoms with Gasteiger partial charge in [0.15, 0.2) is 0 Å². The monoisotopic (exact) mass is 500 g/mol. The quantitative estimate of drug-likeness (QED) is 0.132. The molecule has 0 amide bonds. The van der Waals surface area contributed by atoms with Crippen LogP contribution in [0.1, 0.15) is 104 Å². The summed E-state index contributed by atoms with van der Waals surface area (Å²) >= 11 is 0. The minimum Gasteiger partial charge on any atom is -0.494 e. The van der Waals surface area contributed by atoms with Crippen molar-refractivity contribution in [3.8, 4) is 5.75 Å². The summed E-state index contributed by atoms with van der Waals surface area (Å²) in [5, 5.41) is 0. The normalized spacial score (nSPS) is 18.2. The van der Waals surface area contributed by atoms with Gasteiger partial charge < -0.3 is 14.2 Å². The molecule has 1 fully saturated rings. The number of hydrogen-bond donors (Lipinski definition) is 0. The van der Waals surface area contributed by atoms with Crippen LogP contribution in [0.25, 0.3) is 6.08 Å². The van der Waals surface area contributed by atoms with Crippen LogP contribution < -0.4 is 4.74 Å². The van der Waals surface area contributed by atoms with Gasteiger partial charge in [-0.15, -0.1) is 0 Å². The first-order valence-electron chi connectivity index (χ1n) is 14.1. The van der Waals surface area contributed by atoms with Crippen molar-refractivity contribution in [3.63, 3.8) is 0 Å². The number of benzene rings is 1. The molecular formula is C31H48O5. The Kier molecular flexibility index (Phi) is 13.7. The first kappa shape index (κ1) is 29.9. The summed E-state index contributed by atoms with van der Waals surface area (Å²) < 4.78 is 16.8. The molecule has 1 aromatic rings. The lowest BCUT2D eigenvalue weighted by Gasteiger charge is -2.29. The van der Waals surface area contributed by atoms with Crippen molar-refractivity contribution in [2.24, 2.45) is 17.3 Å². The van der Waals surface area contributed by atoms with Gasteiger partial charge in [-0.1, -0.05) is 58.1 Å². The van der Waals surface area contributed by atoms with Crippen molar-refractivity contribution in [2.45, 2.75) is 98.3 Å². The van der Waals surface area contributed by atoms with Crippen LogP contribution in [0.4, 0.5) is 0 Å². The third-order valence-electron chi connectivity index (χ3n) is 7.37. The highest BCUT2D eigenvalue weighted by Crippen LogP contribution is 2.30. The fraction of sp³-hybridized carbons (Fsp3) is 0.677. The largest absolute Gasteiger partial charge is 0.494 e. The van der Waals surface area contributed by atoms with E-state index in [0.717, 1.165) is 56.4 Å². The molecule has 1 aromatic carbocycles. The second-order valence-corrected chi connectivity index (χ2v) is 10.9. The molecule has 0 atom stereocenters. The van der Waals surface area contributed by atoms with E-state index in [2.05, 4.69) is 6.92 Å². The molecule has 1 aliphatic carbocycles. The summed E-state index contributed by atoms with van der Waals surface area (Å²) in [4.78, 5) is 24.3. The minimum atomic E-state index is -0.415. The molecule has 36 heavy (non-hydrogen) atoms. The highest BCUT2D eigenvalue weighted by molar-refractivity contribution is 5.87. The summed E-state index contributed by atoms with van der Waals surface area (Å²) in [6.45, 7) is 9.79. The molecule has 0 heterocycles. The van der Waals surface area contributed by atoms with Crippen LogP contribution in [0.15, 0.2) is 30.3 Å². The second-order valence-electron chi connectivity index (χ2n) is 10.9. The summed E-state index contributed by atoms with van der Waals surface area (Å²) in [6, 6.07) is 7.80. The minimum absolute atomic E-state index is 0.108. The van der Waals surface area contributed by atoms with Gasteiger partial charge >= 0.3 is 11.9 Å². The molecule has 0 spiro atoms. The molecule has 0 aromatic heterocycles. The Bertz CT molecular complexity index is 788. The number of esters is 2. The second kappa shape index (κ2) is 16.4. The third kappa shape index (κ3) is 11.6. The van der Waals surface area contributed by atoms with Crippen LogP contribution in [0.5, 0.6) is 5.75 Å². The van der Waals surface area contributed by atoms with Crippen molar-refractivity contribution < 1.29 is 23.8 Å². The first-order valence-corrected chi connectivity index (χ1v) is 14.1. The fourth-order valence-corrected chi connectivity index (χ4v) is 4.26. The predicted molar refractivity (Wildman–Crippen MR) is 146 cm³/mol. The zero-order valence-corrected chi connectivity index (χ0v) is 23.1. The summed E-state index contributed by atoms with van der Waals surface area (Å²) in [5.41, 5.74) is 0.530. The Balaban J connectivity index is 1.59. The Morgan fingerprint density at radius 2 is 1.44 bits per heavy atom. The summed E-state index contributed by atoms with van der Waals surface area (Å²) in [6.07, 6.45) is 15.6. The predicted octanol–water partition coefficient (Wildman–Crippen LogP) is 7.77.